The van der Waals surface area contributed by atoms with Crippen molar-refractivity contribution in [2.75, 3.05) is 9.80 Å². The van der Waals surface area contributed by atoms with Gasteiger partial charge in [0.1, 0.15) is 0 Å². The average molecular weight is 969 g/mol. The Morgan fingerprint density at radius 3 is 1.14 bits per heavy atom. The monoisotopic (exact) mass is 966 g/mol. The van der Waals surface area contributed by atoms with Crippen molar-refractivity contribution in [2.24, 2.45) is 4.30 Å². The predicted molar refractivity (Wildman–Crippen MR) is 275 cm³/mol. The molecule has 2 aliphatic rings. The van der Waals surface area contributed by atoms with E-state index >= 15 is 0 Å². The summed E-state index contributed by atoms with van der Waals surface area (Å²) in [7, 11) is 4.34. The van der Waals surface area contributed by atoms with Crippen molar-refractivity contribution in [1.29, 1.82) is 0 Å². The number of fused-ring (bicyclic) bond motifs is 4. The van der Waals surface area contributed by atoms with Crippen molar-refractivity contribution < 1.29 is 0 Å². The number of thiol groups is 1. The standard InChI is InChI=1S/C27H22Br2N2.C27H24N2.BHNS/c1-17-24(14-11-23(30-17)18-7-5-4-6-8-18)31-25-12-9-19(28)15-21(25)27(2,3)22-16-20(29)10-13-26(22)31;1-19-24(18-17-23(28-19)20-11-5-4-6-12-20)29-25-15-9-7-13-21(25)27(2,3)22-14-8-10-16-26(22)29;1-2-3/h4-16H,1-3H3;4-18H,1-3H3;3H. The van der Waals surface area contributed by atoms with Gasteiger partial charge >= 0.3 is 24.8 Å². The number of nitrogens with zero attached hydrogens (tertiary/aromatic N) is 5. The van der Waals surface area contributed by atoms with Crippen LogP contribution in [-0.2, 0) is 10.8 Å². The molecule has 8 aromatic rings. The fraction of sp³-hybridized carbons (Fsp3) is 0.148. The molecule has 4 heterocycles. The van der Waals surface area contributed by atoms with E-state index in [2.05, 4.69) is 266 Å². The van der Waals surface area contributed by atoms with Gasteiger partial charge in [-0.25, -0.2) is 0 Å². The van der Waals surface area contributed by atoms with Crippen LogP contribution < -0.4 is 9.80 Å². The second kappa shape index (κ2) is 18.2. The van der Waals surface area contributed by atoms with E-state index in [1.807, 2.05) is 12.1 Å². The molecule has 0 aliphatic carbocycles. The molecule has 0 N–H and O–H groups in total. The van der Waals surface area contributed by atoms with Crippen LogP contribution in [0.15, 0.2) is 183 Å². The number of hydrogen-bond acceptors (Lipinski definition) is 6. The number of pyridine rings is 2. The molecule has 0 unspecified atom stereocenters. The van der Waals surface area contributed by atoms with Gasteiger partial charge in [0.05, 0.1) is 56.9 Å². The number of aromatic nitrogens is 2. The number of halogens is 2. The topological polar surface area (TPSA) is 44.6 Å². The first kappa shape index (κ1) is 44.0. The third kappa shape index (κ3) is 8.47. The fourth-order valence-corrected chi connectivity index (χ4v) is 9.71. The normalized spacial score (nSPS) is 13.7. The van der Waals surface area contributed by atoms with Gasteiger partial charge in [0, 0.05) is 30.9 Å². The summed E-state index contributed by atoms with van der Waals surface area (Å²) in [5.74, 6) is 0. The summed E-state index contributed by atoms with van der Waals surface area (Å²) in [6, 6.07) is 59.9. The second-order valence-corrected chi connectivity index (χ2v) is 18.8. The predicted octanol–water partition coefficient (Wildman–Crippen LogP) is 16.0. The zero-order valence-electron chi connectivity index (χ0n) is 36.2. The van der Waals surface area contributed by atoms with E-state index < -0.39 is 0 Å². The molecule has 0 atom stereocenters. The molecule has 9 heteroatoms. The van der Waals surface area contributed by atoms with Crippen molar-refractivity contribution in [3.63, 3.8) is 0 Å². The van der Waals surface area contributed by atoms with Crippen LogP contribution in [0.3, 0.4) is 0 Å². The molecule has 0 spiro atoms. The SMILES string of the molecule is Cc1nc(-c2ccccc2)ccc1N1c2ccc(Br)cc2C(C)(C)c2cc(Br)ccc21.Cc1nc(-c2ccccc2)ccc1N1c2ccccc2C(C)(C)c2ccccc21.[B]=NS. The Morgan fingerprint density at radius 1 is 0.444 bits per heavy atom. The molecule has 2 aliphatic heterocycles. The summed E-state index contributed by atoms with van der Waals surface area (Å²) < 4.78 is 4.87. The van der Waals surface area contributed by atoms with Crippen LogP contribution in [0.2, 0.25) is 0 Å². The third-order valence-corrected chi connectivity index (χ3v) is 13.1. The number of anilines is 6. The first-order valence-electron chi connectivity index (χ1n) is 20.8. The molecular formula is C54H47BBr2N5S. The molecule has 5 nitrogen and oxygen atoms in total. The molecule has 0 amide bonds. The maximum atomic E-state index is 4.98. The van der Waals surface area contributed by atoms with Crippen LogP contribution in [-0.4, -0.2) is 17.6 Å². The van der Waals surface area contributed by atoms with E-state index in [4.69, 9.17) is 9.97 Å². The van der Waals surface area contributed by atoms with Gasteiger partial charge in [-0.1, -0.05) is 157 Å². The average Bonchev–Trinajstić information content (AvgIpc) is 3.29. The Balaban J connectivity index is 0.000000163. The molecule has 311 valence electrons. The number of aryl methyl sites for hydroxylation is 2. The van der Waals surface area contributed by atoms with Crippen molar-refractivity contribution in [3.05, 3.63) is 212 Å². The van der Waals surface area contributed by atoms with E-state index in [1.165, 1.54) is 45.0 Å². The van der Waals surface area contributed by atoms with Gasteiger partial charge in [0.25, 0.3) is 0 Å². The Kier molecular flexibility index (Phi) is 12.7. The summed E-state index contributed by atoms with van der Waals surface area (Å²) in [5.41, 5.74) is 18.5. The van der Waals surface area contributed by atoms with E-state index in [0.717, 1.165) is 54.2 Å². The number of rotatable bonds is 4. The molecule has 1 radical (unpaired) electrons. The summed E-state index contributed by atoms with van der Waals surface area (Å²) in [5, 5.41) is 0. The molecule has 0 saturated carbocycles. The number of para-hydroxylation sites is 2. The van der Waals surface area contributed by atoms with Gasteiger partial charge in [-0.05, 0) is 109 Å². The van der Waals surface area contributed by atoms with Crippen LogP contribution in [0, 0.1) is 13.8 Å². The Morgan fingerprint density at radius 2 is 0.762 bits per heavy atom. The molecule has 0 saturated heterocycles. The van der Waals surface area contributed by atoms with E-state index in [1.54, 1.807) is 0 Å². The maximum absolute atomic E-state index is 4.98. The van der Waals surface area contributed by atoms with Crippen molar-refractivity contribution in [3.8, 4) is 22.5 Å². The third-order valence-electron chi connectivity index (χ3n) is 12.1. The van der Waals surface area contributed by atoms with Crippen molar-refractivity contribution in [1.82, 2.24) is 9.97 Å². The van der Waals surface area contributed by atoms with Crippen LogP contribution in [0.25, 0.3) is 22.5 Å². The van der Waals surface area contributed by atoms with Crippen molar-refractivity contribution in [2.45, 2.75) is 52.4 Å². The molecular weight excluding hydrogens is 921 g/mol. The first-order valence-corrected chi connectivity index (χ1v) is 22.8. The van der Waals surface area contributed by atoms with Gasteiger partial charge in [-0.15, -0.1) is 0 Å². The van der Waals surface area contributed by atoms with Crippen LogP contribution in [0.5, 0.6) is 0 Å². The summed E-state index contributed by atoms with van der Waals surface area (Å²) in [6.07, 6.45) is 0. The van der Waals surface area contributed by atoms with Gasteiger partial charge in [0.2, 0.25) is 0 Å². The second-order valence-electron chi connectivity index (χ2n) is 16.7. The Bertz CT molecular complexity index is 2850. The summed E-state index contributed by atoms with van der Waals surface area (Å²) >= 11 is 10.6. The zero-order valence-corrected chi connectivity index (χ0v) is 40.2. The summed E-state index contributed by atoms with van der Waals surface area (Å²) in [4.78, 5) is 14.7. The molecule has 6 aromatic carbocycles. The van der Waals surface area contributed by atoms with Gasteiger partial charge in [-0.2, -0.15) is 0 Å². The molecule has 0 bridgehead atoms. The van der Waals surface area contributed by atoms with Crippen LogP contribution in [0.4, 0.5) is 34.1 Å². The molecule has 2 aromatic heterocycles. The summed E-state index contributed by atoms with van der Waals surface area (Å²) in [6.45, 7) is 13.4. The first-order chi connectivity index (χ1) is 30.3. The fourth-order valence-electron chi connectivity index (χ4n) is 8.99. The zero-order chi connectivity index (χ0) is 44.5. The number of hydrogen-bond donors (Lipinski definition) is 1. The Labute approximate surface area is 395 Å². The van der Waals surface area contributed by atoms with Crippen LogP contribution in [0.1, 0.15) is 61.3 Å². The molecule has 0 fully saturated rings. The van der Waals surface area contributed by atoms with Gasteiger partial charge in [0.15, 0.2) is 0 Å². The van der Waals surface area contributed by atoms with Gasteiger partial charge < -0.3 is 9.80 Å². The Hall–Kier alpha value is -5.61. The molecule has 10 rings (SSSR count). The minimum atomic E-state index is -0.125. The van der Waals surface area contributed by atoms with Crippen molar-refractivity contribution >= 4 is 86.4 Å². The van der Waals surface area contributed by atoms with Crippen LogP contribution >= 0.6 is 44.7 Å². The van der Waals surface area contributed by atoms with E-state index in [9.17, 15) is 0 Å². The molecule has 63 heavy (non-hydrogen) atoms. The minimum absolute atomic E-state index is 0.0466. The number of benzene rings is 6. The van der Waals surface area contributed by atoms with Gasteiger partial charge in [-0.3, -0.25) is 9.97 Å². The van der Waals surface area contributed by atoms with E-state index in [0.29, 0.717) is 0 Å². The van der Waals surface area contributed by atoms with E-state index in [-0.39, 0.29) is 10.8 Å². The quantitative estimate of drug-likeness (QED) is 0.141.